The van der Waals surface area contributed by atoms with Crippen LogP contribution in [-0.4, -0.2) is 12.5 Å². The summed E-state index contributed by atoms with van der Waals surface area (Å²) < 4.78 is 0. The second-order valence-electron chi connectivity index (χ2n) is 5.74. The summed E-state index contributed by atoms with van der Waals surface area (Å²) in [5, 5.41) is 3.12. The van der Waals surface area contributed by atoms with Gasteiger partial charge in [0.2, 0.25) is 5.91 Å². The lowest BCUT2D eigenvalue weighted by molar-refractivity contribution is -0.129. The molecule has 2 rings (SSSR count). The van der Waals surface area contributed by atoms with Crippen molar-refractivity contribution in [3.63, 3.8) is 0 Å². The molecular weight excluding hydrogens is 222 g/mol. The van der Waals surface area contributed by atoms with Gasteiger partial charge in [-0.05, 0) is 30.7 Å². The molecule has 1 saturated carbocycles. The maximum atomic E-state index is 12.4. The Kier molecular flexibility index (Phi) is 4.05. The molecule has 1 fully saturated rings. The van der Waals surface area contributed by atoms with Gasteiger partial charge in [0.1, 0.15) is 0 Å². The first kappa shape index (κ1) is 13.1. The van der Waals surface area contributed by atoms with Crippen molar-refractivity contribution in [3.8, 4) is 0 Å². The molecule has 0 aromatic heterocycles. The molecule has 0 aliphatic heterocycles. The summed E-state index contributed by atoms with van der Waals surface area (Å²) in [6.07, 6.45) is 4.19. The fourth-order valence-electron chi connectivity index (χ4n) is 2.58. The second-order valence-corrected chi connectivity index (χ2v) is 5.74. The predicted octanol–water partition coefficient (Wildman–Crippen LogP) is 3.27. The van der Waals surface area contributed by atoms with Gasteiger partial charge in [-0.15, -0.1) is 0 Å². The molecule has 1 aliphatic carbocycles. The highest BCUT2D eigenvalue weighted by atomic mass is 16.2. The van der Waals surface area contributed by atoms with E-state index in [1.165, 1.54) is 5.56 Å². The summed E-state index contributed by atoms with van der Waals surface area (Å²) in [7, 11) is 0. The zero-order chi connectivity index (χ0) is 13.0. The molecule has 0 radical (unpaired) electrons. The minimum atomic E-state index is -0.238. The van der Waals surface area contributed by atoms with Gasteiger partial charge in [0.05, 0.1) is 5.41 Å². The normalized spacial score (nSPS) is 17.3. The van der Waals surface area contributed by atoms with Gasteiger partial charge in [0, 0.05) is 6.54 Å². The van der Waals surface area contributed by atoms with Crippen LogP contribution in [0.25, 0.3) is 0 Å². The van der Waals surface area contributed by atoms with Crippen LogP contribution < -0.4 is 5.32 Å². The van der Waals surface area contributed by atoms with Crippen LogP contribution in [0.5, 0.6) is 0 Å². The van der Waals surface area contributed by atoms with E-state index < -0.39 is 0 Å². The maximum absolute atomic E-state index is 12.4. The SMILES string of the molecule is CC(C)CCNC(=O)C1(c2ccccc2)CCC1. The Morgan fingerprint density at radius 3 is 2.44 bits per heavy atom. The van der Waals surface area contributed by atoms with Crippen molar-refractivity contribution in [1.82, 2.24) is 5.32 Å². The lowest BCUT2D eigenvalue weighted by Crippen LogP contribution is -2.49. The van der Waals surface area contributed by atoms with Gasteiger partial charge >= 0.3 is 0 Å². The highest BCUT2D eigenvalue weighted by Gasteiger charge is 2.45. The van der Waals surface area contributed by atoms with Crippen LogP contribution in [0, 0.1) is 5.92 Å². The van der Waals surface area contributed by atoms with Crippen molar-refractivity contribution in [2.24, 2.45) is 5.92 Å². The van der Waals surface area contributed by atoms with Gasteiger partial charge < -0.3 is 5.32 Å². The lowest BCUT2D eigenvalue weighted by atomic mass is 9.64. The summed E-state index contributed by atoms with van der Waals surface area (Å²) in [6.45, 7) is 5.16. The average Bonchev–Trinajstić information content (AvgIpc) is 2.28. The van der Waals surface area contributed by atoms with E-state index in [1.807, 2.05) is 18.2 Å². The van der Waals surface area contributed by atoms with Crippen molar-refractivity contribution >= 4 is 5.91 Å². The Morgan fingerprint density at radius 1 is 1.28 bits per heavy atom. The molecule has 0 atom stereocenters. The third-order valence-corrected chi connectivity index (χ3v) is 3.98. The molecule has 1 N–H and O–H groups in total. The molecule has 1 aliphatic rings. The third kappa shape index (κ3) is 2.58. The maximum Gasteiger partial charge on any atom is 0.230 e. The summed E-state index contributed by atoms with van der Waals surface area (Å²) in [5.41, 5.74) is 0.941. The molecule has 0 spiro atoms. The van der Waals surface area contributed by atoms with Crippen LogP contribution in [0.15, 0.2) is 30.3 Å². The Hall–Kier alpha value is -1.31. The zero-order valence-corrected chi connectivity index (χ0v) is 11.4. The van der Waals surface area contributed by atoms with Crippen molar-refractivity contribution < 1.29 is 4.79 Å². The summed E-state index contributed by atoms with van der Waals surface area (Å²) in [4.78, 5) is 12.4. The van der Waals surface area contributed by atoms with E-state index in [2.05, 4.69) is 31.3 Å². The van der Waals surface area contributed by atoms with Crippen LogP contribution in [0.3, 0.4) is 0 Å². The monoisotopic (exact) mass is 245 g/mol. The van der Waals surface area contributed by atoms with Crippen molar-refractivity contribution in [2.45, 2.75) is 44.9 Å². The fraction of sp³-hybridized carbons (Fsp3) is 0.562. The number of hydrogen-bond donors (Lipinski definition) is 1. The van der Waals surface area contributed by atoms with Crippen molar-refractivity contribution in [1.29, 1.82) is 0 Å². The topological polar surface area (TPSA) is 29.1 Å². The quantitative estimate of drug-likeness (QED) is 0.847. The lowest BCUT2D eigenvalue weighted by Gasteiger charge is -2.40. The number of rotatable bonds is 5. The van der Waals surface area contributed by atoms with Crippen LogP contribution in [0.2, 0.25) is 0 Å². The number of amides is 1. The minimum absolute atomic E-state index is 0.223. The highest BCUT2D eigenvalue weighted by molar-refractivity contribution is 5.89. The minimum Gasteiger partial charge on any atom is -0.355 e. The first-order chi connectivity index (χ1) is 8.65. The van der Waals surface area contributed by atoms with E-state index in [0.29, 0.717) is 5.92 Å². The molecule has 0 unspecified atom stereocenters. The first-order valence-electron chi connectivity index (χ1n) is 6.99. The van der Waals surface area contributed by atoms with E-state index in [9.17, 15) is 4.79 Å². The Morgan fingerprint density at radius 2 is 1.94 bits per heavy atom. The predicted molar refractivity (Wildman–Crippen MR) is 74.4 cm³/mol. The third-order valence-electron chi connectivity index (χ3n) is 3.98. The molecule has 2 nitrogen and oxygen atoms in total. The second kappa shape index (κ2) is 5.55. The van der Waals surface area contributed by atoms with Crippen LogP contribution in [0.4, 0.5) is 0 Å². The number of hydrogen-bond acceptors (Lipinski definition) is 1. The highest BCUT2D eigenvalue weighted by Crippen LogP contribution is 2.43. The number of benzene rings is 1. The van der Waals surface area contributed by atoms with Gasteiger partial charge in [-0.3, -0.25) is 4.79 Å². The largest absolute Gasteiger partial charge is 0.355 e. The number of nitrogens with one attached hydrogen (secondary N) is 1. The van der Waals surface area contributed by atoms with Gasteiger partial charge in [0.25, 0.3) is 0 Å². The van der Waals surface area contributed by atoms with Crippen LogP contribution in [-0.2, 0) is 10.2 Å². The summed E-state index contributed by atoms with van der Waals surface area (Å²) in [5.74, 6) is 0.861. The zero-order valence-electron chi connectivity index (χ0n) is 11.4. The Balaban J connectivity index is 2.02. The van der Waals surface area contributed by atoms with E-state index in [4.69, 9.17) is 0 Å². The van der Waals surface area contributed by atoms with Gasteiger partial charge in [-0.2, -0.15) is 0 Å². The molecule has 0 heterocycles. The summed E-state index contributed by atoms with van der Waals surface area (Å²) >= 11 is 0. The number of carbonyl (C=O) groups is 1. The van der Waals surface area contributed by atoms with Crippen LogP contribution in [0.1, 0.15) is 45.1 Å². The molecule has 1 aromatic carbocycles. The van der Waals surface area contributed by atoms with Crippen LogP contribution >= 0.6 is 0 Å². The first-order valence-corrected chi connectivity index (χ1v) is 6.99. The molecule has 98 valence electrons. The van der Waals surface area contributed by atoms with Crippen molar-refractivity contribution in [3.05, 3.63) is 35.9 Å². The standard InChI is InChI=1S/C16H23NO/c1-13(2)9-12-17-15(18)16(10-6-11-16)14-7-4-3-5-8-14/h3-5,7-8,13H,6,9-12H2,1-2H3,(H,17,18). The van der Waals surface area contributed by atoms with Crippen molar-refractivity contribution in [2.75, 3.05) is 6.54 Å². The van der Waals surface area contributed by atoms with Gasteiger partial charge in [-0.1, -0.05) is 50.6 Å². The van der Waals surface area contributed by atoms with E-state index >= 15 is 0 Å². The molecule has 0 saturated heterocycles. The molecule has 1 aromatic rings. The van der Waals surface area contributed by atoms with E-state index in [0.717, 1.165) is 32.2 Å². The molecule has 0 bridgehead atoms. The Bertz CT molecular complexity index is 393. The van der Waals surface area contributed by atoms with Gasteiger partial charge in [-0.25, -0.2) is 0 Å². The number of carbonyl (C=O) groups excluding carboxylic acids is 1. The summed E-state index contributed by atoms with van der Waals surface area (Å²) in [6, 6.07) is 10.2. The van der Waals surface area contributed by atoms with Gasteiger partial charge in [0.15, 0.2) is 0 Å². The molecule has 18 heavy (non-hydrogen) atoms. The average molecular weight is 245 g/mol. The molecule has 2 heteroatoms. The molecular formula is C16H23NO. The van der Waals surface area contributed by atoms with E-state index in [-0.39, 0.29) is 11.3 Å². The smallest absolute Gasteiger partial charge is 0.230 e. The molecule has 1 amide bonds. The van der Waals surface area contributed by atoms with E-state index in [1.54, 1.807) is 0 Å². The Labute approximate surface area is 110 Å². The fourth-order valence-corrected chi connectivity index (χ4v) is 2.58.